The maximum absolute atomic E-state index is 13.8. The van der Waals surface area contributed by atoms with Crippen LogP contribution in [0.4, 0.5) is 17.6 Å². The zero-order chi connectivity index (χ0) is 17.4. The third kappa shape index (κ3) is 3.68. The summed E-state index contributed by atoms with van der Waals surface area (Å²) in [6, 6.07) is -0.0361. The fourth-order valence-electron chi connectivity index (χ4n) is 3.02. The summed E-state index contributed by atoms with van der Waals surface area (Å²) in [6.45, 7) is 1.68. The standard InChI is InChI=1S/C14H18F4N2O2S.ClH/c1-8-4-2-3-5-14(8,7-19)20-23(21,22)13-11(17)9(15)6-10(16)12(13)18;/h6,8,20H,2-5,7,19H2,1H3;1H. The van der Waals surface area contributed by atoms with Crippen LogP contribution in [0.15, 0.2) is 11.0 Å². The average Bonchev–Trinajstić information content (AvgIpc) is 2.47. The lowest BCUT2D eigenvalue weighted by Crippen LogP contribution is -2.59. The van der Waals surface area contributed by atoms with Gasteiger partial charge < -0.3 is 5.73 Å². The molecule has 0 heterocycles. The molecule has 0 amide bonds. The Kier molecular flexibility index (Phi) is 6.65. The molecule has 138 valence electrons. The van der Waals surface area contributed by atoms with Crippen LogP contribution in [0.2, 0.25) is 0 Å². The van der Waals surface area contributed by atoms with E-state index in [1.807, 2.05) is 0 Å². The van der Waals surface area contributed by atoms with Crippen LogP contribution in [0.5, 0.6) is 0 Å². The fraction of sp³-hybridized carbons (Fsp3) is 0.571. The van der Waals surface area contributed by atoms with Crippen molar-refractivity contribution in [1.29, 1.82) is 0 Å². The van der Waals surface area contributed by atoms with Crippen LogP contribution in [-0.2, 0) is 10.0 Å². The molecule has 1 aliphatic carbocycles. The van der Waals surface area contributed by atoms with Gasteiger partial charge in [-0.3, -0.25) is 0 Å². The Morgan fingerprint density at radius 2 is 1.75 bits per heavy atom. The lowest BCUT2D eigenvalue weighted by atomic mass is 9.74. The van der Waals surface area contributed by atoms with Gasteiger partial charge in [-0.2, -0.15) is 0 Å². The second-order valence-electron chi connectivity index (χ2n) is 5.91. The molecular weight excluding hydrogens is 372 g/mol. The molecule has 0 aromatic heterocycles. The number of rotatable bonds is 4. The first-order chi connectivity index (χ1) is 10.6. The van der Waals surface area contributed by atoms with Crippen molar-refractivity contribution in [3.8, 4) is 0 Å². The van der Waals surface area contributed by atoms with Crippen molar-refractivity contribution < 1.29 is 26.0 Å². The van der Waals surface area contributed by atoms with E-state index >= 15 is 0 Å². The third-order valence-electron chi connectivity index (χ3n) is 4.50. The minimum Gasteiger partial charge on any atom is -0.329 e. The smallest absolute Gasteiger partial charge is 0.247 e. The van der Waals surface area contributed by atoms with Crippen molar-refractivity contribution in [2.75, 3.05) is 6.54 Å². The van der Waals surface area contributed by atoms with Crippen LogP contribution in [0.25, 0.3) is 0 Å². The highest BCUT2D eigenvalue weighted by atomic mass is 35.5. The Hall–Kier alpha value is -0.900. The van der Waals surface area contributed by atoms with Crippen molar-refractivity contribution in [3.63, 3.8) is 0 Å². The van der Waals surface area contributed by atoms with E-state index in [1.54, 1.807) is 6.92 Å². The lowest BCUT2D eigenvalue weighted by Gasteiger charge is -2.42. The molecule has 1 fully saturated rings. The highest BCUT2D eigenvalue weighted by molar-refractivity contribution is 7.89. The number of nitrogens with two attached hydrogens (primary N) is 1. The molecule has 0 aliphatic heterocycles. The van der Waals surface area contributed by atoms with Crippen LogP contribution in [-0.4, -0.2) is 20.5 Å². The summed E-state index contributed by atoms with van der Waals surface area (Å²) < 4.78 is 81.1. The maximum Gasteiger partial charge on any atom is 0.247 e. The first-order valence-electron chi connectivity index (χ1n) is 7.21. The van der Waals surface area contributed by atoms with Crippen molar-refractivity contribution >= 4 is 22.4 Å². The SMILES string of the molecule is CC1CCCCC1(CN)NS(=O)(=O)c1c(F)c(F)cc(F)c1F.Cl. The Morgan fingerprint density at radius 3 is 2.21 bits per heavy atom. The summed E-state index contributed by atoms with van der Waals surface area (Å²) in [4.78, 5) is -1.65. The second-order valence-corrected chi connectivity index (χ2v) is 7.53. The summed E-state index contributed by atoms with van der Waals surface area (Å²) >= 11 is 0. The van der Waals surface area contributed by atoms with Gasteiger partial charge in [0.2, 0.25) is 10.0 Å². The van der Waals surface area contributed by atoms with Crippen LogP contribution in [0.3, 0.4) is 0 Å². The molecule has 1 aromatic carbocycles. The van der Waals surface area contributed by atoms with Crippen molar-refractivity contribution in [1.82, 2.24) is 4.72 Å². The first-order valence-corrected chi connectivity index (χ1v) is 8.70. The van der Waals surface area contributed by atoms with Crippen LogP contribution in [0.1, 0.15) is 32.6 Å². The summed E-state index contributed by atoms with van der Waals surface area (Å²) in [5, 5.41) is 0. The molecule has 2 atom stereocenters. The van der Waals surface area contributed by atoms with Gasteiger partial charge in [-0.25, -0.2) is 30.7 Å². The van der Waals surface area contributed by atoms with E-state index < -0.39 is 43.7 Å². The van der Waals surface area contributed by atoms with E-state index in [2.05, 4.69) is 4.72 Å². The Morgan fingerprint density at radius 1 is 1.21 bits per heavy atom. The Balaban J connectivity index is 0.00000288. The zero-order valence-electron chi connectivity index (χ0n) is 12.9. The molecule has 1 aromatic rings. The average molecular weight is 391 g/mol. The fourth-order valence-corrected chi connectivity index (χ4v) is 4.71. The number of benzene rings is 1. The predicted molar refractivity (Wildman–Crippen MR) is 83.3 cm³/mol. The van der Waals surface area contributed by atoms with Gasteiger partial charge in [0, 0.05) is 18.2 Å². The molecule has 0 bridgehead atoms. The molecule has 2 rings (SSSR count). The van der Waals surface area contributed by atoms with Gasteiger partial charge in [-0.05, 0) is 18.8 Å². The molecule has 1 aliphatic rings. The summed E-state index contributed by atoms with van der Waals surface area (Å²) in [6.07, 6.45) is 2.63. The van der Waals surface area contributed by atoms with Gasteiger partial charge in [0.1, 0.15) is 0 Å². The van der Waals surface area contributed by atoms with E-state index in [9.17, 15) is 26.0 Å². The van der Waals surface area contributed by atoms with Gasteiger partial charge in [-0.1, -0.05) is 19.8 Å². The summed E-state index contributed by atoms with van der Waals surface area (Å²) in [7, 11) is -4.83. The molecular formula is C14H19ClF4N2O2S. The molecule has 24 heavy (non-hydrogen) atoms. The van der Waals surface area contributed by atoms with Crippen LogP contribution in [0, 0.1) is 29.2 Å². The number of hydrogen-bond donors (Lipinski definition) is 2. The molecule has 2 unspecified atom stereocenters. The topological polar surface area (TPSA) is 72.2 Å². The minimum absolute atomic E-state index is 0. The third-order valence-corrected chi connectivity index (χ3v) is 6.07. The molecule has 0 radical (unpaired) electrons. The van der Waals surface area contributed by atoms with Crippen molar-refractivity contribution in [2.45, 2.75) is 43.0 Å². The zero-order valence-corrected chi connectivity index (χ0v) is 14.5. The van der Waals surface area contributed by atoms with Gasteiger partial charge in [0.05, 0.1) is 0 Å². The molecule has 4 nitrogen and oxygen atoms in total. The van der Waals surface area contributed by atoms with Crippen LogP contribution < -0.4 is 10.5 Å². The summed E-state index contributed by atoms with van der Waals surface area (Å²) in [5.41, 5.74) is 4.59. The molecule has 3 N–H and O–H groups in total. The minimum atomic E-state index is -4.83. The van der Waals surface area contributed by atoms with Crippen LogP contribution >= 0.6 is 12.4 Å². The highest BCUT2D eigenvalue weighted by Gasteiger charge is 2.42. The number of hydrogen-bond acceptors (Lipinski definition) is 3. The van der Waals surface area contributed by atoms with E-state index in [0.717, 1.165) is 6.42 Å². The second kappa shape index (κ2) is 7.55. The van der Waals surface area contributed by atoms with Gasteiger partial charge in [0.15, 0.2) is 28.2 Å². The monoisotopic (exact) mass is 390 g/mol. The van der Waals surface area contributed by atoms with E-state index in [4.69, 9.17) is 5.73 Å². The lowest BCUT2D eigenvalue weighted by molar-refractivity contribution is 0.191. The number of nitrogens with one attached hydrogen (secondary N) is 1. The highest BCUT2D eigenvalue weighted by Crippen LogP contribution is 2.35. The summed E-state index contributed by atoms with van der Waals surface area (Å²) in [5.74, 6) is -7.63. The maximum atomic E-state index is 13.8. The normalized spacial score (nSPS) is 24.5. The quantitative estimate of drug-likeness (QED) is 0.613. The van der Waals surface area contributed by atoms with Crippen molar-refractivity contribution in [3.05, 3.63) is 29.3 Å². The van der Waals surface area contributed by atoms with Gasteiger partial charge >= 0.3 is 0 Å². The first kappa shape index (κ1) is 21.1. The van der Waals surface area contributed by atoms with E-state index in [0.29, 0.717) is 19.3 Å². The number of halogens is 5. The van der Waals surface area contributed by atoms with Crippen molar-refractivity contribution in [2.24, 2.45) is 11.7 Å². The van der Waals surface area contributed by atoms with Gasteiger partial charge in [-0.15, -0.1) is 12.4 Å². The molecule has 0 saturated heterocycles. The van der Waals surface area contributed by atoms with E-state index in [1.165, 1.54) is 0 Å². The largest absolute Gasteiger partial charge is 0.329 e. The molecule has 1 saturated carbocycles. The van der Waals surface area contributed by atoms with E-state index in [-0.39, 0.29) is 30.9 Å². The molecule has 0 spiro atoms. The Bertz CT molecular complexity index is 691. The Labute approximate surface area is 144 Å². The van der Waals surface area contributed by atoms with Gasteiger partial charge in [0.25, 0.3) is 0 Å². The molecule has 10 heteroatoms. The predicted octanol–water partition coefficient (Wildman–Crippen LogP) is 2.85. The number of sulfonamides is 1.